The first kappa shape index (κ1) is 78.3. The van der Waals surface area contributed by atoms with Crippen LogP contribution in [0.25, 0.3) is 0 Å². The highest BCUT2D eigenvalue weighted by Gasteiger charge is 2.31. The molecule has 99 heavy (non-hydrogen) atoms. The van der Waals surface area contributed by atoms with Crippen LogP contribution in [0.1, 0.15) is 147 Å². The Hall–Kier alpha value is -11.4. The summed E-state index contributed by atoms with van der Waals surface area (Å²) in [5, 5.41) is 9.43. The van der Waals surface area contributed by atoms with Crippen LogP contribution in [0.2, 0.25) is 0 Å². The number of carbonyl (C=O) groups is 7. The van der Waals surface area contributed by atoms with Gasteiger partial charge in [0.25, 0.3) is 0 Å². The molecule has 0 unspecified atom stereocenters. The molecule has 1 N–H and O–H groups in total. The minimum atomic E-state index is -1.19. The molecule has 0 bridgehead atoms. The first-order valence-electron chi connectivity index (χ1n) is 30.7. The van der Waals surface area contributed by atoms with Crippen molar-refractivity contribution in [3.8, 4) is 40.2 Å². The fourth-order valence-electron chi connectivity index (χ4n) is 10.2. The molecule has 0 aliphatic carbocycles. The Balaban J connectivity index is 0.000000239. The lowest BCUT2D eigenvalue weighted by atomic mass is 9.77. The Morgan fingerprint density at radius 1 is 0.273 bits per heavy atom. The summed E-state index contributed by atoms with van der Waals surface area (Å²) in [4.78, 5) is 81.8. The van der Waals surface area contributed by atoms with Gasteiger partial charge in [-0.2, -0.15) is 0 Å². The third-order valence-corrected chi connectivity index (χ3v) is 16.8. The van der Waals surface area contributed by atoms with E-state index in [-0.39, 0.29) is 45.3 Å². The molecule has 0 saturated heterocycles. The van der Waals surface area contributed by atoms with Gasteiger partial charge < -0.3 is 66.7 Å². The summed E-state index contributed by atoms with van der Waals surface area (Å²) < 4.78 is 63.6. The Kier molecular flexibility index (Phi) is 27.7. The van der Waals surface area contributed by atoms with Gasteiger partial charge in [-0.25, -0.2) is 33.6 Å². The highest BCUT2D eigenvalue weighted by molar-refractivity contribution is 5.95. The zero-order valence-electron chi connectivity index (χ0n) is 59.3. The lowest BCUT2D eigenvalue weighted by Crippen LogP contribution is -2.20. The van der Waals surface area contributed by atoms with Gasteiger partial charge in [0, 0.05) is 21.7 Å². The summed E-state index contributed by atoms with van der Waals surface area (Å²) in [6, 6.07) is 51.7. The fourth-order valence-corrected chi connectivity index (χ4v) is 10.2. The lowest BCUT2D eigenvalue weighted by Gasteiger charge is -2.27. The van der Waals surface area contributed by atoms with E-state index >= 15 is 0 Å². The molecule has 0 aromatic heterocycles. The molecule has 0 heterocycles. The van der Waals surface area contributed by atoms with E-state index < -0.39 is 52.6 Å². The number of aryl methyl sites for hydroxylation is 1. The number of hydrogen-bond donors (Lipinski definition) is 1. The van der Waals surface area contributed by atoms with Crippen LogP contribution < -0.4 is 33.2 Å². The SMILES string of the molecule is COC(=O)Oc1ccc(C(C)(C)c2ccc(OC)cc2)cc1C(=O)O.COC(=O)Oc1ccc(C(C)(C)c2ccc(OC)cc2)cc1C(=O)OC.COC(=O)Oc1ccc(C(C)(C)c2ccc(OC)cc2)cc1C(=O)OC.COC(=O)c1cc(C(C)(C)c2ccc(OC)cc2)ccc1C. The second-order valence-electron chi connectivity index (χ2n) is 24.0. The Morgan fingerprint density at radius 3 is 0.717 bits per heavy atom. The van der Waals surface area contributed by atoms with Gasteiger partial charge in [0.1, 0.15) is 56.9 Å². The largest absolute Gasteiger partial charge is 0.513 e. The van der Waals surface area contributed by atoms with E-state index in [0.29, 0.717) is 5.56 Å². The van der Waals surface area contributed by atoms with Gasteiger partial charge in [-0.15, -0.1) is 0 Å². The summed E-state index contributed by atoms with van der Waals surface area (Å²) in [6.07, 6.45) is -2.78. The van der Waals surface area contributed by atoms with Crippen LogP contribution in [0.3, 0.4) is 0 Å². The average Bonchev–Trinajstić information content (AvgIpc) is 0.811. The molecule has 0 atom stereocenters. The Labute approximate surface area is 577 Å². The molecule has 8 aromatic carbocycles. The fraction of sp³-hybridized carbons (Fsp3) is 0.295. The highest BCUT2D eigenvalue weighted by Crippen LogP contribution is 2.39. The second kappa shape index (κ2) is 35.1. The third-order valence-electron chi connectivity index (χ3n) is 16.8. The molecule has 0 fully saturated rings. The predicted octanol–water partition coefficient (Wildman–Crippen LogP) is 15.9. The topological polar surface area (TPSA) is 260 Å². The first-order chi connectivity index (χ1) is 46.8. The monoisotopic (exact) mass is 1360 g/mol. The van der Waals surface area contributed by atoms with Crippen molar-refractivity contribution in [3.63, 3.8) is 0 Å². The van der Waals surface area contributed by atoms with Gasteiger partial charge in [0.15, 0.2) is 0 Å². The van der Waals surface area contributed by atoms with Crippen LogP contribution >= 0.6 is 0 Å². The van der Waals surface area contributed by atoms with Crippen molar-refractivity contribution in [3.05, 3.63) is 242 Å². The Morgan fingerprint density at radius 2 is 0.485 bits per heavy atom. The minimum absolute atomic E-state index is 0.0615. The van der Waals surface area contributed by atoms with Crippen molar-refractivity contribution in [2.45, 2.75) is 84.0 Å². The molecule has 0 aliphatic heterocycles. The van der Waals surface area contributed by atoms with Crippen LogP contribution in [-0.2, 0) is 50.1 Å². The van der Waals surface area contributed by atoms with E-state index in [1.54, 1.807) is 70.9 Å². The van der Waals surface area contributed by atoms with E-state index in [4.69, 9.17) is 47.4 Å². The van der Waals surface area contributed by atoms with Gasteiger partial charge in [-0.3, -0.25) is 0 Å². The smallest absolute Gasteiger partial charge is 0.497 e. The molecule has 8 rings (SSSR count). The van der Waals surface area contributed by atoms with Gasteiger partial charge in [0.05, 0.1) is 76.7 Å². The number of carbonyl (C=O) groups excluding carboxylic acids is 6. The van der Waals surface area contributed by atoms with Crippen LogP contribution in [0, 0.1) is 6.92 Å². The second-order valence-corrected chi connectivity index (χ2v) is 24.0. The molecular formula is C78H86O21. The van der Waals surface area contributed by atoms with Crippen molar-refractivity contribution in [1.82, 2.24) is 0 Å². The number of ether oxygens (including phenoxy) is 13. The summed E-state index contributed by atoms with van der Waals surface area (Å²) in [5.74, 6) is 0.517. The van der Waals surface area contributed by atoms with E-state index in [2.05, 4.69) is 46.3 Å². The predicted molar refractivity (Wildman–Crippen MR) is 371 cm³/mol. The van der Waals surface area contributed by atoms with Crippen molar-refractivity contribution in [2.24, 2.45) is 0 Å². The van der Waals surface area contributed by atoms with Crippen molar-refractivity contribution in [2.75, 3.05) is 71.1 Å². The first-order valence-corrected chi connectivity index (χ1v) is 30.7. The molecule has 0 radical (unpaired) electrons. The maximum atomic E-state index is 12.1. The Bertz CT molecular complexity index is 3950. The summed E-state index contributed by atoms with van der Waals surface area (Å²) in [6.45, 7) is 18.3. The number of benzene rings is 8. The van der Waals surface area contributed by atoms with Crippen molar-refractivity contribution < 1.29 is 100 Å². The van der Waals surface area contributed by atoms with Crippen LogP contribution in [0.5, 0.6) is 40.2 Å². The van der Waals surface area contributed by atoms with E-state index in [1.807, 2.05) is 146 Å². The number of carboxylic acids is 1. The van der Waals surface area contributed by atoms with Crippen LogP contribution in [0.15, 0.2) is 170 Å². The number of rotatable bonds is 19. The summed E-state index contributed by atoms with van der Waals surface area (Å²) in [5.41, 5.74) is 8.03. The molecule has 524 valence electrons. The van der Waals surface area contributed by atoms with Crippen LogP contribution in [-0.4, -0.2) is 119 Å². The number of methoxy groups -OCH3 is 10. The zero-order valence-corrected chi connectivity index (χ0v) is 59.3. The summed E-state index contributed by atoms with van der Waals surface area (Å²) in [7, 11) is 14.0. The quantitative estimate of drug-likeness (QED) is 0.0448. The zero-order chi connectivity index (χ0) is 73.6. The highest BCUT2D eigenvalue weighted by atomic mass is 16.7. The van der Waals surface area contributed by atoms with E-state index in [0.717, 1.165) is 80.2 Å². The molecule has 21 nitrogen and oxygen atoms in total. The van der Waals surface area contributed by atoms with E-state index in [9.17, 15) is 38.7 Å². The molecule has 0 aliphatic rings. The van der Waals surface area contributed by atoms with Gasteiger partial charge in [-0.1, -0.05) is 134 Å². The van der Waals surface area contributed by atoms with E-state index in [1.165, 1.54) is 47.7 Å². The molecular weight excluding hydrogens is 1270 g/mol. The molecule has 21 heteroatoms. The number of hydrogen-bond acceptors (Lipinski definition) is 20. The standard InChI is InChI=1S/2C20H22O6.C19H20O6.C19H22O3/c2*1-20(2,13-6-9-15(23-3)10-7-13)14-8-11-17(26-19(22)25-5)16(12-14)18(21)24-4;1-19(2,12-5-8-14(23-3)9-6-12)13-7-10-16(25-18(22)24-4)15(11-13)17(20)21;1-13-6-7-15(12-17(13)18(20)22-5)19(2,3)14-8-10-16(21-4)11-9-14/h2*6-12H,1-5H3;5-11H,1-4H3,(H,20,21);6-12H,1-5H3. The molecule has 8 aromatic rings. The number of esters is 3. The van der Waals surface area contributed by atoms with Gasteiger partial charge >= 0.3 is 42.3 Å². The normalized spacial score (nSPS) is 10.9. The molecule has 0 amide bonds. The minimum Gasteiger partial charge on any atom is -0.497 e. The van der Waals surface area contributed by atoms with Crippen molar-refractivity contribution in [1.29, 1.82) is 0 Å². The van der Waals surface area contributed by atoms with Crippen LogP contribution in [0.4, 0.5) is 14.4 Å². The third kappa shape index (κ3) is 19.9. The maximum absolute atomic E-state index is 12.1. The van der Waals surface area contributed by atoms with Crippen molar-refractivity contribution >= 4 is 42.3 Å². The molecule has 0 saturated carbocycles. The molecule has 0 spiro atoms. The lowest BCUT2D eigenvalue weighted by molar-refractivity contribution is 0.0585. The number of carboxylic acid groups (broad SMARTS) is 1. The van der Waals surface area contributed by atoms with Gasteiger partial charge in [-0.05, 0) is 148 Å². The van der Waals surface area contributed by atoms with Gasteiger partial charge in [0.2, 0.25) is 0 Å². The average molecular weight is 1360 g/mol. The number of aromatic carboxylic acids is 1. The maximum Gasteiger partial charge on any atom is 0.513 e. The summed E-state index contributed by atoms with van der Waals surface area (Å²) >= 11 is 0.